The molecule has 0 radical (unpaired) electrons. The lowest BCUT2D eigenvalue weighted by Crippen LogP contribution is -2.25. The number of hydrogen-bond acceptors (Lipinski definition) is 3. The van der Waals surface area contributed by atoms with Crippen molar-refractivity contribution in [3.63, 3.8) is 0 Å². The second-order valence-corrected chi connectivity index (χ2v) is 4.00. The van der Waals surface area contributed by atoms with Gasteiger partial charge in [-0.25, -0.2) is 0 Å². The summed E-state index contributed by atoms with van der Waals surface area (Å²) in [6.45, 7) is 0.809. The van der Waals surface area contributed by atoms with E-state index in [1.165, 1.54) is 10.5 Å². The minimum atomic E-state index is -0.192. The van der Waals surface area contributed by atoms with E-state index in [1.807, 2.05) is 6.21 Å². The lowest BCUT2D eigenvalue weighted by Gasteiger charge is -2.11. The van der Waals surface area contributed by atoms with Crippen molar-refractivity contribution in [1.29, 1.82) is 0 Å². The van der Waals surface area contributed by atoms with E-state index >= 15 is 0 Å². The van der Waals surface area contributed by atoms with E-state index in [9.17, 15) is 4.79 Å². The van der Waals surface area contributed by atoms with Crippen LogP contribution in [0.2, 0.25) is 0 Å². The maximum absolute atomic E-state index is 11.0. The molecule has 2 heterocycles. The van der Waals surface area contributed by atoms with Crippen LogP contribution in [0.5, 0.6) is 0 Å². The minimum absolute atomic E-state index is 0. The number of hydrogen-bond donors (Lipinski definition) is 1. The Kier molecular flexibility index (Phi) is 3.39. The van der Waals surface area contributed by atoms with Gasteiger partial charge in [0.2, 0.25) is 5.91 Å². The monoisotopic (exact) mass is 218 g/mol. The lowest BCUT2D eigenvalue weighted by molar-refractivity contribution is -0.120. The van der Waals surface area contributed by atoms with Crippen LogP contribution in [0, 0.1) is 5.92 Å². The molecule has 13 heavy (non-hydrogen) atoms. The summed E-state index contributed by atoms with van der Waals surface area (Å²) in [4.78, 5) is 16.3. The largest absolute Gasteiger partial charge is 0.369 e. The Bertz CT molecular complexity index is 288. The Morgan fingerprint density at radius 1 is 1.69 bits per heavy atom. The van der Waals surface area contributed by atoms with Gasteiger partial charge < -0.3 is 5.73 Å². The number of allylic oxidation sites excluding steroid dienone is 1. The molecule has 0 fully saturated rings. The fraction of sp³-hybridized carbons (Fsp3) is 0.500. The normalized spacial score (nSPS) is 25.4. The summed E-state index contributed by atoms with van der Waals surface area (Å²) in [5.41, 5.74) is 6.48. The van der Waals surface area contributed by atoms with Gasteiger partial charge in [-0.2, -0.15) is 0 Å². The number of dihydropyridines is 1. The standard InChI is InChI=1S/C8H10N2OS.ClH/c9-8(11)6-4-12-7-3-10-2-1-5(6)7;/h3,6H,1-2,4H2,(H2,9,11);1H. The van der Waals surface area contributed by atoms with Crippen LogP contribution < -0.4 is 5.73 Å². The molecule has 0 saturated carbocycles. The van der Waals surface area contributed by atoms with E-state index in [-0.39, 0.29) is 24.2 Å². The Morgan fingerprint density at radius 3 is 3.15 bits per heavy atom. The van der Waals surface area contributed by atoms with Crippen LogP contribution in [0.4, 0.5) is 0 Å². The fourth-order valence-electron chi connectivity index (χ4n) is 1.54. The number of primary amides is 1. The molecule has 1 amide bonds. The Morgan fingerprint density at radius 2 is 2.46 bits per heavy atom. The van der Waals surface area contributed by atoms with Crippen LogP contribution in [0.1, 0.15) is 6.42 Å². The van der Waals surface area contributed by atoms with Crippen molar-refractivity contribution in [3.05, 3.63) is 10.5 Å². The van der Waals surface area contributed by atoms with E-state index in [1.54, 1.807) is 11.8 Å². The highest BCUT2D eigenvalue weighted by Crippen LogP contribution is 2.37. The maximum atomic E-state index is 11.0. The first kappa shape index (κ1) is 10.6. The third-order valence-corrected chi connectivity index (χ3v) is 3.38. The molecule has 0 spiro atoms. The van der Waals surface area contributed by atoms with Gasteiger partial charge in [-0.3, -0.25) is 9.79 Å². The van der Waals surface area contributed by atoms with Gasteiger partial charge >= 0.3 is 0 Å². The molecule has 0 aliphatic carbocycles. The number of carbonyl (C=O) groups is 1. The number of halogens is 1. The molecule has 1 atom stereocenters. The highest BCUT2D eigenvalue weighted by Gasteiger charge is 2.30. The lowest BCUT2D eigenvalue weighted by atomic mass is 9.96. The summed E-state index contributed by atoms with van der Waals surface area (Å²) in [6.07, 6.45) is 2.78. The summed E-state index contributed by atoms with van der Waals surface area (Å²) >= 11 is 1.69. The topological polar surface area (TPSA) is 55.5 Å². The van der Waals surface area contributed by atoms with Crippen molar-refractivity contribution in [2.24, 2.45) is 16.6 Å². The van der Waals surface area contributed by atoms with Crippen LogP contribution in [0.3, 0.4) is 0 Å². The second-order valence-electron chi connectivity index (χ2n) is 2.94. The van der Waals surface area contributed by atoms with Crippen molar-refractivity contribution >= 4 is 36.3 Å². The van der Waals surface area contributed by atoms with Crippen molar-refractivity contribution in [2.75, 3.05) is 12.3 Å². The van der Waals surface area contributed by atoms with Gasteiger partial charge in [-0.05, 0) is 12.0 Å². The minimum Gasteiger partial charge on any atom is -0.369 e. The molecule has 0 saturated heterocycles. The molecule has 5 heteroatoms. The van der Waals surface area contributed by atoms with Crippen LogP contribution in [0.15, 0.2) is 15.5 Å². The highest BCUT2D eigenvalue weighted by atomic mass is 35.5. The third kappa shape index (κ3) is 1.89. The first-order chi connectivity index (χ1) is 5.79. The van der Waals surface area contributed by atoms with Gasteiger partial charge in [0.1, 0.15) is 0 Å². The Labute approximate surface area is 87.3 Å². The van der Waals surface area contributed by atoms with Gasteiger partial charge in [0.15, 0.2) is 0 Å². The summed E-state index contributed by atoms with van der Waals surface area (Å²) < 4.78 is 0. The summed E-state index contributed by atoms with van der Waals surface area (Å²) in [5.74, 6) is 0.589. The Hall–Kier alpha value is -0.480. The predicted molar refractivity (Wildman–Crippen MR) is 57.4 cm³/mol. The number of rotatable bonds is 1. The first-order valence-corrected chi connectivity index (χ1v) is 4.92. The molecular weight excluding hydrogens is 208 g/mol. The van der Waals surface area contributed by atoms with E-state index in [4.69, 9.17) is 5.73 Å². The molecule has 2 aliphatic heterocycles. The molecule has 0 aromatic carbocycles. The molecule has 3 nitrogen and oxygen atoms in total. The van der Waals surface area contributed by atoms with Crippen LogP contribution in [0.25, 0.3) is 0 Å². The molecule has 2 rings (SSSR count). The van der Waals surface area contributed by atoms with Crippen LogP contribution in [-0.4, -0.2) is 24.4 Å². The number of amides is 1. The molecule has 0 aromatic rings. The summed E-state index contributed by atoms with van der Waals surface area (Å²) in [6, 6.07) is 0. The maximum Gasteiger partial charge on any atom is 0.225 e. The van der Waals surface area contributed by atoms with Crippen LogP contribution in [-0.2, 0) is 4.79 Å². The smallest absolute Gasteiger partial charge is 0.225 e. The van der Waals surface area contributed by atoms with Crippen LogP contribution >= 0.6 is 24.2 Å². The molecule has 2 aliphatic rings. The zero-order chi connectivity index (χ0) is 8.55. The average molecular weight is 219 g/mol. The Balaban J connectivity index is 0.000000845. The molecule has 2 N–H and O–H groups in total. The first-order valence-electron chi connectivity index (χ1n) is 3.94. The predicted octanol–water partition coefficient (Wildman–Crippen LogP) is 0.985. The number of nitrogens with zero attached hydrogens (tertiary/aromatic N) is 1. The summed E-state index contributed by atoms with van der Waals surface area (Å²) in [7, 11) is 0. The number of thioether (sulfide) groups is 1. The third-order valence-electron chi connectivity index (χ3n) is 2.20. The van der Waals surface area contributed by atoms with Crippen molar-refractivity contribution in [1.82, 2.24) is 0 Å². The molecular formula is C8H11ClN2OS. The van der Waals surface area contributed by atoms with E-state index < -0.39 is 0 Å². The number of carbonyl (C=O) groups excluding carboxylic acids is 1. The van der Waals surface area contributed by atoms with E-state index in [0.29, 0.717) is 0 Å². The SMILES string of the molecule is Cl.NC(=O)C1CSC2=C1CCN=C2. The highest BCUT2D eigenvalue weighted by molar-refractivity contribution is 8.04. The van der Waals surface area contributed by atoms with Crippen molar-refractivity contribution in [3.8, 4) is 0 Å². The zero-order valence-corrected chi connectivity index (χ0v) is 8.66. The van der Waals surface area contributed by atoms with E-state index in [0.717, 1.165) is 18.7 Å². The quantitative estimate of drug-likeness (QED) is 0.714. The fourth-order valence-corrected chi connectivity index (χ4v) is 2.83. The molecule has 72 valence electrons. The van der Waals surface area contributed by atoms with Gasteiger partial charge in [0.25, 0.3) is 0 Å². The van der Waals surface area contributed by atoms with E-state index in [2.05, 4.69) is 4.99 Å². The van der Waals surface area contributed by atoms with Gasteiger partial charge in [-0.1, -0.05) is 0 Å². The number of nitrogens with two attached hydrogens (primary N) is 1. The van der Waals surface area contributed by atoms with Gasteiger partial charge in [0.05, 0.1) is 5.92 Å². The summed E-state index contributed by atoms with van der Waals surface area (Å²) in [5, 5.41) is 0. The van der Waals surface area contributed by atoms with Gasteiger partial charge in [0, 0.05) is 23.4 Å². The van der Waals surface area contributed by atoms with Crippen molar-refractivity contribution < 1.29 is 4.79 Å². The zero-order valence-electron chi connectivity index (χ0n) is 7.03. The average Bonchev–Trinajstić information content (AvgIpc) is 2.47. The second kappa shape index (κ2) is 4.15. The molecule has 0 aromatic heterocycles. The number of aliphatic imine (C=N–C) groups is 1. The van der Waals surface area contributed by atoms with Crippen molar-refractivity contribution in [2.45, 2.75) is 6.42 Å². The molecule has 0 bridgehead atoms. The molecule has 1 unspecified atom stereocenters. The van der Waals surface area contributed by atoms with Gasteiger partial charge in [-0.15, -0.1) is 24.2 Å².